The molecule has 1 fully saturated rings. The van der Waals surface area contributed by atoms with Crippen LogP contribution in [0.2, 0.25) is 0 Å². The molecule has 2 aromatic rings. The van der Waals surface area contributed by atoms with Crippen molar-refractivity contribution in [3.8, 4) is 11.5 Å². The monoisotopic (exact) mass is 397 g/mol. The summed E-state index contributed by atoms with van der Waals surface area (Å²) in [5.74, 6) is 2.48. The molecule has 1 aliphatic heterocycles. The van der Waals surface area contributed by atoms with Crippen LogP contribution in [0.25, 0.3) is 0 Å². The highest BCUT2D eigenvalue weighted by Crippen LogP contribution is 2.34. The topological polar surface area (TPSA) is 64.1 Å². The highest BCUT2D eigenvalue weighted by molar-refractivity contribution is 5.93. The average molecular weight is 398 g/mol. The van der Waals surface area contributed by atoms with Gasteiger partial charge < -0.3 is 24.8 Å². The lowest BCUT2D eigenvalue weighted by atomic mass is 9.89. The Morgan fingerprint density at radius 3 is 2.62 bits per heavy atom. The van der Waals surface area contributed by atoms with Crippen molar-refractivity contribution in [1.29, 1.82) is 0 Å². The molecule has 0 aromatic heterocycles. The molecule has 1 heterocycles. The van der Waals surface area contributed by atoms with E-state index in [4.69, 9.17) is 19.2 Å². The molecule has 156 valence electrons. The van der Waals surface area contributed by atoms with Crippen LogP contribution >= 0.6 is 0 Å². The Hall–Kier alpha value is -2.73. The summed E-state index contributed by atoms with van der Waals surface area (Å²) in [5, 5.41) is 6.68. The summed E-state index contributed by atoms with van der Waals surface area (Å²) in [6.45, 7) is 4.34. The van der Waals surface area contributed by atoms with Gasteiger partial charge in [0.1, 0.15) is 0 Å². The number of rotatable bonds is 7. The minimum Gasteiger partial charge on any atom is -0.493 e. The predicted molar refractivity (Wildman–Crippen MR) is 117 cm³/mol. The van der Waals surface area contributed by atoms with E-state index in [-0.39, 0.29) is 6.10 Å². The van der Waals surface area contributed by atoms with E-state index in [1.54, 1.807) is 14.2 Å². The summed E-state index contributed by atoms with van der Waals surface area (Å²) in [4.78, 5) is 4.85. The third-order valence-electron chi connectivity index (χ3n) is 5.05. The fourth-order valence-corrected chi connectivity index (χ4v) is 3.61. The zero-order chi connectivity index (χ0) is 20.5. The minimum atomic E-state index is 0.0951. The Labute approximate surface area is 173 Å². The number of nitrogens with zero attached hydrogens (tertiary/aromatic N) is 1. The number of methoxy groups -OCH3 is 2. The molecule has 2 aromatic carbocycles. The lowest BCUT2D eigenvalue weighted by molar-refractivity contribution is -0.0250. The van der Waals surface area contributed by atoms with Crippen molar-refractivity contribution in [2.75, 3.05) is 39.2 Å². The van der Waals surface area contributed by atoms with Gasteiger partial charge in [-0.3, -0.25) is 4.99 Å². The first kappa shape index (κ1) is 21.0. The number of ether oxygens (including phenoxy) is 3. The van der Waals surface area contributed by atoms with E-state index in [9.17, 15) is 0 Å². The van der Waals surface area contributed by atoms with Crippen molar-refractivity contribution >= 4 is 11.6 Å². The number of guanidine groups is 1. The van der Waals surface area contributed by atoms with E-state index in [2.05, 4.69) is 41.8 Å². The zero-order valence-electron chi connectivity index (χ0n) is 17.5. The van der Waals surface area contributed by atoms with Crippen LogP contribution in [0.15, 0.2) is 53.5 Å². The number of nitrogens with one attached hydrogen (secondary N) is 2. The Morgan fingerprint density at radius 1 is 1.10 bits per heavy atom. The third-order valence-corrected chi connectivity index (χ3v) is 5.05. The zero-order valence-corrected chi connectivity index (χ0v) is 17.5. The Bertz CT molecular complexity index is 795. The van der Waals surface area contributed by atoms with E-state index < -0.39 is 0 Å². The number of hydrogen-bond acceptors (Lipinski definition) is 4. The van der Waals surface area contributed by atoms with E-state index in [0.29, 0.717) is 24.0 Å². The van der Waals surface area contributed by atoms with Gasteiger partial charge in [-0.25, -0.2) is 0 Å². The van der Waals surface area contributed by atoms with E-state index in [1.165, 1.54) is 5.56 Å². The summed E-state index contributed by atoms with van der Waals surface area (Å²) in [6, 6.07) is 16.2. The Morgan fingerprint density at radius 2 is 1.90 bits per heavy atom. The van der Waals surface area contributed by atoms with Gasteiger partial charge in [-0.2, -0.15) is 0 Å². The molecule has 0 amide bonds. The first-order valence-electron chi connectivity index (χ1n) is 10.2. The van der Waals surface area contributed by atoms with Gasteiger partial charge in [0.2, 0.25) is 0 Å². The van der Waals surface area contributed by atoms with Gasteiger partial charge in [0.25, 0.3) is 0 Å². The maximum absolute atomic E-state index is 6.10. The lowest BCUT2D eigenvalue weighted by Gasteiger charge is -2.31. The van der Waals surface area contributed by atoms with Gasteiger partial charge in [0.15, 0.2) is 17.5 Å². The molecule has 1 aliphatic rings. The molecule has 29 heavy (non-hydrogen) atoms. The predicted octanol–water partition coefficient (Wildman–Crippen LogP) is 4.25. The quantitative estimate of drug-likeness (QED) is 0.540. The molecule has 0 radical (unpaired) electrons. The molecule has 6 heteroatoms. The van der Waals surface area contributed by atoms with Crippen molar-refractivity contribution in [2.45, 2.75) is 25.9 Å². The Balaban J connectivity index is 1.72. The van der Waals surface area contributed by atoms with E-state index >= 15 is 0 Å². The largest absolute Gasteiger partial charge is 0.493 e. The van der Waals surface area contributed by atoms with E-state index in [0.717, 1.165) is 37.6 Å². The summed E-state index contributed by atoms with van der Waals surface area (Å²) < 4.78 is 16.8. The summed E-state index contributed by atoms with van der Waals surface area (Å²) in [6.07, 6.45) is 2.28. The maximum atomic E-state index is 6.10. The molecule has 1 saturated heterocycles. The molecule has 0 bridgehead atoms. The van der Waals surface area contributed by atoms with Crippen LogP contribution in [0.3, 0.4) is 0 Å². The molecular formula is C23H31N3O3. The smallest absolute Gasteiger partial charge is 0.195 e. The van der Waals surface area contributed by atoms with Gasteiger partial charge in [0.05, 0.1) is 20.3 Å². The van der Waals surface area contributed by atoms with Crippen molar-refractivity contribution in [3.63, 3.8) is 0 Å². The van der Waals surface area contributed by atoms with Crippen LogP contribution in [0.5, 0.6) is 11.5 Å². The van der Waals surface area contributed by atoms with Crippen molar-refractivity contribution in [3.05, 3.63) is 54.1 Å². The second-order valence-corrected chi connectivity index (χ2v) is 7.02. The van der Waals surface area contributed by atoms with Gasteiger partial charge in [-0.15, -0.1) is 0 Å². The number of aliphatic imine (C=N–C) groups is 1. The SMILES string of the molecule is CCNC(=NCC1CCCOC1c1ccccc1)Nc1ccc(OC)c(OC)c1. The number of hydrogen-bond donors (Lipinski definition) is 2. The molecule has 2 unspecified atom stereocenters. The van der Waals surface area contributed by atoms with Crippen molar-refractivity contribution in [2.24, 2.45) is 10.9 Å². The standard InChI is InChI=1S/C23H31N3O3/c1-4-24-23(26-19-12-13-20(27-2)21(15-19)28-3)25-16-18-11-8-14-29-22(18)17-9-6-5-7-10-17/h5-7,9-10,12-13,15,18,22H,4,8,11,14,16H2,1-3H3,(H2,24,25,26). The van der Waals surface area contributed by atoms with Crippen LogP contribution in [0, 0.1) is 5.92 Å². The maximum Gasteiger partial charge on any atom is 0.195 e. The molecule has 0 aliphatic carbocycles. The van der Waals surface area contributed by atoms with Gasteiger partial charge in [0, 0.05) is 37.4 Å². The minimum absolute atomic E-state index is 0.0951. The molecule has 0 saturated carbocycles. The van der Waals surface area contributed by atoms with Crippen LogP contribution in [0.1, 0.15) is 31.4 Å². The highest BCUT2D eigenvalue weighted by Gasteiger charge is 2.27. The van der Waals surface area contributed by atoms with Crippen LogP contribution in [-0.4, -0.2) is 39.9 Å². The summed E-state index contributed by atoms with van der Waals surface area (Å²) >= 11 is 0. The van der Waals surface area contributed by atoms with Crippen LogP contribution in [0.4, 0.5) is 5.69 Å². The summed E-state index contributed by atoms with van der Waals surface area (Å²) in [5.41, 5.74) is 2.12. The van der Waals surface area contributed by atoms with Gasteiger partial charge in [-0.1, -0.05) is 30.3 Å². The number of anilines is 1. The van der Waals surface area contributed by atoms with Gasteiger partial charge in [-0.05, 0) is 37.5 Å². The second-order valence-electron chi connectivity index (χ2n) is 7.02. The fourth-order valence-electron chi connectivity index (χ4n) is 3.61. The third kappa shape index (κ3) is 5.64. The molecule has 2 N–H and O–H groups in total. The number of benzene rings is 2. The second kappa shape index (κ2) is 10.7. The molecule has 6 nitrogen and oxygen atoms in total. The average Bonchev–Trinajstić information content (AvgIpc) is 2.78. The first-order chi connectivity index (χ1) is 14.2. The lowest BCUT2D eigenvalue weighted by Crippen LogP contribution is -2.32. The normalized spacial score (nSPS) is 19.5. The molecule has 0 spiro atoms. The van der Waals surface area contributed by atoms with Crippen LogP contribution in [-0.2, 0) is 4.74 Å². The molecular weight excluding hydrogens is 366 g/mol. The molecule has 2 atom stereocenters. The van der Waals surface area contributed by atoms with Gasteiger partial charge >= 0.3 is 0 Å². The van der Waals surface area contributed by atoms with Crippen LogP contribution < -0.4 is 20.1 Å². The highest BCUT2D eigenvalue weighted by atomic mass is 16.5. The van der Waals surface area contributed by atoms with Crippen molar-refractivity contribution < 1.29 is 14.2 Å². The summed E-state index contributed by atoms with van der Waals surface area (Å²) in [7, 11) is 3.26. The fraction of sp³-hybridized carbons (Fsp3) is 0.435. The molecule has 3 rings (SSSR count). The van der Waals surface area contributed by atoms with E-state index in [1.807, 2.05) is 24.3 Å². The Kier molecular flexibility index (Phi) is 7.76. The first-order valence-corrected chi connectivity index (χ1v) is 10.2. The van der Waals surface area contributed by atoms with Crippen molar-refractivity contribution in [1.82, 2.24) is 5.32 Å².